The number of hydrogen-bond acceptors (Lipinski definition) is 5. The fourth-order valence-electron chi connectivity index (χ4n) is 3.91. The molecule has 2 aromatic heterocycles. The van der Waals surface area contributed by atoms with E-state index < -0.39 is 21.8 Å². The maximum Gasteiger partial charge on any atom is 0.329 e. The van der Waals surface area contributed by atoms with Crippen molar-refractivity contribution in [3.05, 3.63) is 90.1 Å². The van der Waals surface area contributed by atoms with Crippen molar-refractivity contribution in [2.24, 2.45) is 0 Å². The highest BCUT2D eigenvalue weighted by molar-refractivity contribution is 7.91. The number of nitrogens with zero attached hydrogens (tertiary/aromatic N) is 2. The van der Waals surface area contributed by atoms with Crippen LogP contribution in [-0.2, 0) is 25.8 Å². The lowest BCUT2D eigenvalue weighted by Gasteiger charge is -2.21. The Labute approximate surface area is 185 Å². The van der Waals surface area contributed by atoms with Crippen molar-refractivity contribution in [1.29, 1.82) is 0 Å². The third-order valence-electron chi connectivity index (χ3n) is 5.36. The van der Waals surface area contributed by atoms with Crippen LogP contribution in [0.4, 0.5) is 4.39 Å². The second kappa shape index (κ2) is 8.55. The van der Waals surface area contributed by atoms with Gasteiger partial charge in [0.2, 0.25) is 9.84 Å². The summed E-state index contributed by atoms with van der Waals surface area (Å²) < 4.78 is 47.0. The Kier molecular flexibility index (Phi) is 5.80. The number of carbonyl (C=O) groups excluding carboxylic acids is 1. The van der Waals surface area contributed by atoms with Crippen LogP contribution in [0.5, 0.6) is 0 Å². The summed E-state index contributed by atoms with van der Waals surface area (Å²) in [6.07, 6.45) is 1.47. The molecule has 0 aliphatic heterocycles. The monoisotopic (exact) mass is 452 g/mol. The quantitative estimate of drug-likeness (QED) is 0.408. The van der Waals surface area contributed by atoms with Crippen LogP contribution in [0.2, 0.25) is 0 Å². The van der Waals surface area contributed by atoms with Crippen LogP contribution in [-0.4, -0.2) is 31.0 Å². The number of rotatable bonds is 6. The van der Waals surface area contributed by atoms with Crippen LogP contribution in [0, 0.1) is 12.7 Å². The summed E-state index contributed by atoms with van der Waals surface area (Å²) in [7, 11) is -2.57. The highest BCUT2D eigenvalue weighted by Gasteiger charge is 2.29. The molecule has 6 nitrogen and oxygen atoms in total. The summed E-state index contributed by atoms with van der Waals surface area (Å²) in [4.78, 5) is 17.3. The molecule has 0 aliphatic carbocycles. The zero-order valence-electron chi connectivity index (χ0n) is 17.5. The van der Waals surface area contributed by atoms with E-state index in [2.05, 4.69) is 4.98 Å². The van der Waals surface area contributed by atoms with Gasteiger partial charge in [-0.3, -0.25) is 4.98 Å². The summed E-state index contributed by atoms with van der Waals surface area (Å²) in [5.74, 6) is -0.936. The van der Waals surface area contributed by atoms with Gasteiger partial charge in [0.05, 0.1) is 22.6 Å². The molecule has 0 saturated heterocycles. The van der Waals surface area contributed by atoms with Gasteiger partial charge in [-0.15, -0.1) is 0 Å². The van der Waals surface area contributed by atoms with E-state index in [4.69, 9.17) is 4.74 Å². The first-order valence-electron chi connectivity index (χ1n) is 9.92. The van der Waals surface area contributed by atoms with E-state index in [0.717, 1.165) is 0 Å². The number of methoxy groups -OCH3 is 1. The SMILES string of the molecule is COC(=O)C(Cc1ncccc1S(=O)(=O)c1ccccc1)n1c(C)cc2cc(F)ccc21. The molecule has 0 saturated carbocycles. The van der Waals surface area contributed by atoms with E-state index in [1.807, 2.05) is 0 Å². The Hall–Kier alpha value is -3.52. The molecular weight excluding hydrogens is 431 g/mol. The van der Waals surface area contributed by atoms with E-state index in [-0.39, 0.29) is 27.7 Å². The minimum atomic E-state index is -3.85. The van der Waals surface area contributed by atoms with Crippen molar-refractivity contribution >= 4 is 26.7 Å². The zero-order valence-corrected chi connectivity index (χ0v) is 18.3. The second-order valence-corrected chi connectivity index (χ2v) is 9.28. The summed E-state index contributed by atoms with van der Waals surface area (Å²) in [5.41, 5.74) is 1.60. The van der Waals surface area contributed by atoms with Crippen LogP contribution in [0.3, 0.4) is 0 Å². The Bertz CT molecular complexity index is 1400. The molecule has 2 heterocycles. The van der Waals surface area contributed by atoms with Crippen LogP contribution >= 0.6 is 0 Å². The third-order valence-corrected chi connectivity index (χ3v) is 7.20. The first-order valence-corrected chi connectivity index (χ1v) is 11.4. The first-order chi connectivity index (χ1) is 15.3. The maximum atomic E-state index is 13.7. The summed E-state index contributed by atoms with van der Waals surface area (Å²) in [6, 6.07) is 16.3. The van der Waals surface area contributed by atoms with Gasteiger partial charge in [-0.05, 0) is 55.5 Å². The number of aromatic nitrogens is 2. The van der Waals surface area contributed by atoms with Crippen molar-refractivity contribution < 1.29 is 22.3 Å². The largest absolute Gasteiger partial charge is 0.467 e. The molecule has 1 atom stereocenters. The van der Waals surface area contributed by atoms with Gasteiger partial charge in [-0.1, -0.05) is 18.2 Å². The number of carbonyl (C=O) groups is 1. The number of pyridine rings is 1. The minimum absolute atomic E-state index is 0.0170. The molecule has 0 N–H and O–H groups in total. The average molecular weight is 453 g/mol. The van der Waals surface area contributed by atoms with Crippen molar-refractivity contribution in [3.63, 3.8) is 0 Å². The van der Waals surface area contributed by atoms with E-state index in [1.54, 1.807) is 47.9 Å². The van der Waals surface area contributed by atoms with E-state index >= 15 is 0 Å². The molecule has 4 aromatic rings. The van der Waals surface area contributed by atoms with Gasteiger partial charge in [0.15, 0.2) is 0 Å². The smallest absolute Gasteiger partial charge is 0.329 e. The highest BCUT2D eigenvalue weighted by atomic mass is 32.2. The zero-order chi connectivity index (χ0) is 22.9. The fourth-order valence-corrected chi connectivity index (χ4v) is 5.38. The average Bonchev–Trinajstić information content (AvgIpc) is 3.12. The number of benzene rings is 2. The minimum Gasteiger partial charge on any atom is -0.467 e. The standard InChI is InChI=1S/C24H21FN2O4S/c1-16-13-17-14-18(25)10-11-21(17)27(16)22(24(28)31-2)15-20-23(9-6-12-26-20)32(29,30)19-7-4-3-5-8-19/h3-14,22H,15H2,1-2H3. The van der Waals surface area contributed by atoms with Crippen molar-refractivity contribution in [1.82, 2.24) is 9.55 Å². The topological polar surface area (TPSA) is 78.3 Å². The number of esters is 1. The highest BCUT2D eigenvalue weighted by Crippen LogP contribution is 2.30. The molecule has 32 heavy (non-hydrogen) atoms. The summed E-state index contributed by atoms with van der Waals surface area (Å²) >= 11 is 0. The predicted octanol–water partition coefficient (Wildman–Crippen LogP) is 4.27. The van der Waals surface area contributed by atoms with E-state index in [1.165, 1.54) is 43.6 Å². The number of fused-ring (bicyclic) bond motifs is 1. The van der Waals surface area contributed by atoms with E-state index in [0.29, 0.717) is 16.6 Å². The molecule has 2 aromatic carbocycles. The van der Waals surface area contributed by atoms with Crippen LogP contribution < -0.4 is 0 Å². The molecule has 4 rings (SSSR count). The number of hydrogen-bond donors (Lipinski definition) is 0. The van der Waals surface area contributed by atoms with Gasteiger partial charge in [0, 0.05) is 29.2 Å². The molecule has 164 valence electrons. The van der Waals surface area contributed by atoms with Gasteiger partial charge in [0.25, 0.3) is 0 Å². The van der Waals surface area contributed by atoms with Crippen molar-refractivity contribution in [2.45, 2.75) is 29.2 Å². The van der Waals surface area contributed by atoms with Crippen molar-refractivity contribution in [2.75, 3.05) is 7.11 Å². The van der Waals surface area contributed by atoms with Crippen molar-refractivity contribution in [3.8, 4) is 0 Å². The third kappa shape index (κ3) is 3.89. The normalized spacial score (nSPS) is 12.6. The van der Waals surface area contributed by atoms with Gasteiger partial charge in [-0.2, -0.15) is 0 Å². The van der Waals surface area contributed by atoms with Gasteiger partial charge < -0.3 is 9.30 Å². The summed E-state index contributed by atoms with van der Waals surface area (Å²) in [6.45, 7) is 1.80. The Balaban J connectivity index is 1.84. The molecule has 0 amide bonds. The maximum absolute atomic E-state index is 13.7. The Morgan fingerprint density at radius 2 is 1.84 bits per heavy atom. The molecule has 0 spiro atoms. The molecule has 0 aliphatic rings. The number of halogens is 1. The van der Waals surface area contributed by atoms with Gasteiger partial charge in [0.1, 0.15) is 11.9 Å². The molecule has 0 bridgehead atoms. The van der Waals surface area contributed by atoms with Crippen LogP contribution in [0.15, 0.2) is 82.7 Å². The molecular formula is C24H21FN2O4S. The number of sulfone groups is 1. The van der Waals surface area contributed by atoms with E-state index in [9.17, 15) is 17.6 Å². The number of ether oxygens (including phenoxy) is 1. The van der Waals surface area contributed by atoms with Gasteiger partial charge >= 0.3 is 5.97 Å². The predicted molar refractivity (Wildman–Crippen MR) is 118 cm³/mol. The lowest BCUT2D eigenvalue weighted by Crippen LogP contribution is -2.25. The summed E-state index contributed by atoms with van der Waals surface area (Å²) in [5, 5.41) is 0.634. The van der Waals surface area contributed by atoms with Gasteiger partial charge in [-0.25, -0.2) is 17.6 Å². The Morgan fingerprint density at radius 3 is 2.56 bits per heavy atom. The molecule has 8 heteroatoms. The van der Waals surface area contributed by atoms with Crippen LogP contribution in [0.1, 0.15) is 17.4 Å². The second-order valence-electron chi connectivity index (χ2n) is 7.37. The molecule has 1 unspecified atom stereocenters. The fraction of sp³-hybridized carbons (Fsp3) is 0.167. The lowest BCUT2D eigenvalue weighted by molar-refractivity contribution is -0.144. The first kappa shape index (κ1) is 21.7. The molecule has 0 fully saturated rings. The number of aryl methyl sites for hydroxylation is 1. The Morgan fingerprint density at radius 1 is 1.09 bits per heavy atom. The molecule has 0 radical (unpaired) electrons. The van der Waals surface area contributed by atoms with Crippen LogP contribution in [0.25, 0.3) is 10.9 Å². The lowest BCUT2D eigenvalue weighted by atomic mass is 10.1.